The van der Waals surface area contributed by atoms with Gasteiger partial charge in [0.15, 0.2) is 0 Å². The van der Waals surface area contributed by atoms with Crippen LogP contribution in [0.2, 0.25) is 10.0 Å². The number of ether oxygens (including phenoxy) is 2. The predicted octanol–water partition coefficient (Wildman–Crippen LogP) is 6.65. The zero-order valence-corrected chi connectivity index (χ0v) is 28.2. The fraction of sp³-hybridized carbons (Fsp3) is 0.371. The van der Waals surface area contributed by atoms with Crippen LogP contribution in [0, 0.1) is 0 Å². The number of benzene rings is 2. The third-order valence-electron chi connectivity index (χ3n) is 8.08. The van der Waals surface area contributed by atoms with Crippen LogP contribution < -0.4 is 20.1 Å². The molecule has 47 heavy (non-hydrogen) atoms. The Kier molecular flexibility index (Phi) is 11.7. The number of carbonyl (C=O) groups is 2. The molecule has 0 bridgehead atoms. The van der Waals surface area contributed by atoms with Gasteiger partial charge in [0.2, 0.25) is 17.7 Å². The number of aryl methyl sites for hydroxylation is 1. The van der Waals surface area contributed by atoms with Gasteiger partial charge in [-0.15, -0.1) is 0 Å². The zero-order valence-electron chi connectivity index (χ0n) is 26.7. The summed E-state index contributed by atoms with van der Waals surface area (Å²) < 4.78 is 11.2. The van der Waals surface area contributed by atoms with Gasteiger partial charge >= 0.3 is 0 Å². The molecule has 4 aromatic rings. The summed E-state index contributed by atoms with van der Waals surface area (Å²) in [4.78, 5) is 41.4. The van der Waals surface area contributed by atoms with Crippen molar-refractivity contribution in [3.8, 4) is 45.4 Å². The molecule has 3 heterocycles. The molecule has 0 saturated carbocycles. The number of amides is 1. The van der Waals surface area contributed by atoms with E-state index >= 15 is 0 Å². The second-order valence-electron chi connectivity index (χ2n) is 11.4. The van der Waals surface area contributed by atoms with Crippen molar-refractivity contribution in [2.75, 3.05) is 20.8 Å². The van der Waals surface area contributed by atoms with Crippen LogP contribution in [-0.4, -0.2) is 58.4 Å². The van der Waals surface area contributed by atoms with E-state index in [0.29, 0.717) is 82.4 Å². The summed E-state index contributed by atoms with van der Waals surface area (Å²) in [6, 6.07) is 11.6. The van der Waals surface area contributed by atoms with E-state index in [0.717, 1.165) is 42.5 Å². The Morgan fingerprint density at radius 2 is 1.47 bits per heavy atom. The number of methoxy groups -OCH3 is 2. The Hall–Kier alpha value is -4.12. The summed E-state index contributed by atoms with van der Waals surface area (Å²) in [7, 11) is 3.13. The van der Waals surface area contributed by atoms with E-state index in [2.05, 4.69) is 20.6 Å². The minimum absolute atomic E-state index is 0.120. The number of nitrogens with one attached hydrogen (secondary N) is 2. The normalized spacial score (nSPS) is 14.2. The first kappa shape index (κ1) is 34.2. The minimum atomic E-state index is 0.120. The SMILES string of the molecule is COc1nc(-c2cccc(-c3cccc(-c4cnc(CNCCCC(C)=O)c(OC)n4)c3Cl)c2Cl)cnc1CCC[C@@H]1CCC(=O)N1. The standard InChI is InChI=1S/C35H38Cl2N6O4/c1-21(44)8-7-17-38-18-30-35(47-3)43-29(20-40-30)26-13-6-11-24(33(26)37)23-10-5-12-25(32(23)36)28-19-39-27(34(42-28)46-2)14-4-9-22-15-16-31(45)41-22/h5-6,10-13,19-20,22,38H,4,7-9,14-18H2,1-3H3,(H,41,45)/t22-/m1/s1. The Labute approximate surface area is 284 Å². The Balaban J connectivity index is 1.35. The number of aromatic nitrogens is 4. The highest BCUT2D eigenvalue weighted by atomic mass is 35.5. The summed E-state index contributed by atoms with van der Waals surface area (Å²) in [5.41, 5.74) is 5.38. The molecule has 12 heteroatoms. The van der Waals surface area contributed by atoms with Crippen LogP contribution in [0.5, 0.6) is 11.8 Å². The van der Waals surface area contributed by atoms with Crippen LogP contribution in [0.3, 0.4) is 0 Å². The van der Waals surface area contributed by atoms with Crippen LogP contribution in [0.4, 0.5) is 0 Å². The van der Waals surface area contributed by atoms with Crippen LogP contribution in [-0.2, 0) is 22.6 Å². The second-order valence-corrected chi connectivity index (χ2v) is 12.2. The molecular formula is C35H38Cl2N6O4. The van der Waals surface area contributed by atoms with E-state index in [1.807, 2.05) is 36.4 Å². The summed E-state index contributed by atoms with van der Waals surface area (Å²) in [6.45, 7) is 2.73. The molecular weight excluding hydrogens is 639 g/mol. The van der Waals surface area contributed by atoms with Gasteiger partial charge in [0.25, 0.3) is 0 Å². The molecule has 2 aromatic carbocycles. The lowest BCUT2D eigenvalue weighted by molar-refractivity contribution is -0.119. The summed E-state index contributed by atoms with van der Waals surface area (Å²) in [6.07, 6.45) is 8.57. The van der Waals surface area contributed by atoms with E-state index in [1.165, 1.54) is 0 Å². The molecule has 0 spiro atoms. The van der Waals surface area contributed by atoms with Crippen molar-refractivity contribution < 1.29 is 19.1 Å². The van der Waals surface area contributed by atoms with Crippen molar-refractivity contribution in [3.05, 3.63) is 70.2 Å². The Morgan fingerprint density at radius 1 is 0.894 bits per heavy atom. The highest BCUT2D eigenvalue weighted by Gasteiger charge is 2.22. The number of Topliss-reactive ketones (excluding diaryl/α,β-unsaturated/α-hetero) is 1. The number of hydrogen-bond acceptors (Lipinski definition) is 9. The molecule has 246 valence electrons. The molecule has 2 aromatic heterocycles. The van der Waals surface area contributed by atoms with Crippen LogP contribution in [0.1, 0.15) is 56.8 Å². The average Bonchev–Trinajstić information content (AvgIpc) is 3.49. The van der Waals surface area contributed by atoms with Crippen molar-refractivity contribution in [3.63, 3.8) is 0 Å². The molecule has 1 fully saturated rings. The minimum Gasteiger partial charge on any atom is -0.480 e. The van der Waals surface area contributed by atoms with Crippen LogP contribution >= 0.6 is 23.2 Å². The van der Waals surface area contributed by atoms with Gasteiger partial charge in [0, 0.05) is 47.7 Å². The van der Waals surface area contributed by atoms with Gasteiger partial charge in [0.05, 0.1) is 48.0 Å². The number of halogens is 2. The Bertz CT molecular complexity index is 1750. The first-order valence-electron chi connectivity index (χ1n) is 15.7. The van der Waals surface area contributed by atoms with E-state index in [4.69, 9.17) is 42.6 Å². The first-order chi connectivity index (χ1) is 22.8. The van der Waals surface area contributed by atoms with Crippen LogP contribution in [0.25, 0.3) is 33.6 Å². The van der Waals surface area contributed by atoms with Crippen molar-refractivity contribution in [2.45, 2.75) is 64.5 Å². The average molecular weight is 678 g/mol. The van der Waals surface area contributed by atoms with Gasteiger partial charge in [-0.05, 0) is 45.6 Å². The van der Waals surface area contributed by atoms with E-state index in [1.54, 1.807) is 33.5 Å². The van der Waals surface area contributed by atoms with Gasteiger partial charge in [-0.3, -0.25) is 14.8 Å². The molecule has 5 rings (SSSR count). The number of hydrogen-bond donors (Lipinski definition) is 2. The zero-order chi connectivity index (χ0) is 33.3. The molecule has 0 unspecified atom stereocenters. The van der Waals surface area contributed by atoms with Crippen LogP contribution in [0.15, 0.2) is 48.8 Å². The number of nitrogens with zero attached hydrogens (tertiary/aromatic N) is 4. The molecule has 1 aliphatic heterocycles. The molecule has 1 atom stereocenters. The third-order valence-corrected chi connectivity index (χ3v) is 8.89. The number of ketones is 1. The van der Waals surface area contributed by atoms with Gasteiger partial charge in [-0.1, -0.05) is 59.6 Å². The maximum Gasteiger partial charge on any atom is 0.237 e. The third kappa shape index (κ3) is 8.43. The van der Waals surface area contributed by atoms with E-state index in [9.17, 15) is 9.59 Å². The van der Waals surface area contributed by atoms with Crippen molar-refractivity contribution in [2.24, 2.45) is 0 Å². The molecule has 1 saturated heterocycles. The van der Waals surface area contributed by atoms with Crippen molar-refractivity contribution in [1.82, 2.24) is 30.6 Å². The highest BCUT2D eigenvalue weighted by Crippen LogP contribution is 2.42. The quantitative estimate of drug-likeness (QED) is 0.133. The number of carbonyl (C=O) groups excluding carboxylic acids is 2. The first-order valence-corrected chi connectivity index (χ1v) is 16.4. The molecule has 0 aliphatic carbocycles. The maximum atomic E-state index is 11.5. The molecule has 2 N–H and O–H groups in total. The van der Waals surface area contributed by atoms with Gasteiger partial charge in [-0.25, -0.2) is 9.97 Å². The summed E-state index contributed by atoms with van der Waals surface area (Å²) in [5, 5.41) is 7.23. The monoisotopic (exact) mass is 676 g/mol. The fourth-order valence-electron chi connectivity index (χ4n) is 5.63. The lowest BCUT2D eigenvalue weighted by Crippen LogP contribution is -2.25. The molecule has 1 aliphatic rings. The van der Waals surface area contributed by atoms with Gasteiger partial charge < -0.3 is 24.9 Å². The maximum absolute atomic E-state index is 11.5. The smallest absolute Gasteiger partial charge is 0.237 e. The topological polar surface area (TPSA) is 128 Å². The number of rotatable bonds is 15. The molecule has 10 nitrogen and oxygen atoms in total. The predicted molar refractivity (Wildman–Crippen MR) is 183 cm³/mol. The summed E-state index contributed by atoms with van der Waals surface area (Å²) >= 11 is 14.1. The van der Waals surface area contributed by atoms with E-state index in [-0.39, 0.29) is 17.7 Å². The molecule has 0 radical (unpaired) electrons. The lowest BCUT2D eigenvalue weighted by Gasteiger charge is -2.15. The lowest BCUT2D eigenvalue weighted by atomic mass is 9.98. The Morgan fingerprint density at radius 3 is 2.02 bits per heavy atom. The molecule has 1 amide bonds. The summed E-state index contributed by atoms with van der Waals surface area (Å²) in [5.74, 6) is 1.13. The highest BCUT2D eigenvalue weighted by molar-refractivity contribution is 6.39. The van der Waals surface area contributed by atoms with E-state index < -0.39 is 0 Å². The largest absolute Gasteiger partial charge is 0.480 e. The van der Waals surface area contributed by atoms with Gasteiger partial charge in [0.1, 0.15) is 17.2 Å². The fourth-order valence-corrected chi connectivity index (χ4v) is 6.28. The second kappa shape index (κ2) is 16.1. The van der Waals surface area contributed by atoms with Crippen molar-refractivity contribution >= 4 is 34.9 Å². The van der Waals surface area contributed by atoms with Crippen molar-refractivity contribution in [1.29, 1.82) is 0 Å². The van der Waals surface area contributed by atoms with Gasteiger partial charge in [-0.2, -0.15) is 0 Å².